The molecule has 6 heavy (non-hydrogen) atoms. The van der Waals surface area contributed by atoms with Crippen LogP contribution in [0.4, 0.5) is 0 Å². The van der Waals surface area contributed by atoms with Gasteiger partial charge in [-0.15, -0.1) is 5.47 Å². The third-order valence-electron chi connectivity index (χ3n) is 0.500. The molecule has 1 nitrogen and oxygen atoms in total. The van der Waals surface area contributed by atoms with Crippen LogP contribution in [0, 0.1) is 0 Å². The van der Waals surface area contributed by atoms with Crippen molar-refractivity contribution >= 4 is 7.85 Å². The number of aliphatic hydroxyl groups is 1. The van der Waals surface area contributed by atoms with E-state index in [-0.39, 0.29) is 6.61 Å². The molecular weight excluding hydrogens is 74.9 g/mol. The Labute approximate surface area is 39.1 Å². The van der Waals surface area contributed by atoms with Crippen molar-refractivity contribution in [3.05, 3.63) is 11.5 Å². The summed E-state index contributed by atoms with van der Waals surface area (Å²) in [5.41, 5.74) is 1.16. The molecule has 0 spiro atoms. The molecule has 0 aromatic carbocycles. The lowest BCUT2D eigenvalue weighted by Crippen LogP contribution is -1.75. The number of hydrogen-bond donors (Lipinski definition) is 1. The van der Waals surface area contributed by atoms with Crippen molar-refractivity contribution in [1.82, 2.24) is 0 Å². The van der Waals surface area contributed by atoms with Gasteiger partial charge in [-0.25, -0.2) is 0 Å². The van der Waals surface area contributed by atoms with E-state index in [1.807, 2.05) is 14.8 Å². The number of aliphatic hydroxyl groups excluding tert-OH is 1. The Bertz CT molecular complexity index is 54.6. The highest BCUT2D eigenvalue weighted by Crippen LogP contribution is 1.77. The maximum absolute atomic E-state index is 8.16. The zero-order chi connectivity index (χ0) is 4.99. The molecule has 0 rings (SSSR count). The van der Waals surface area contributed by atoms with Crippen molar-refractivity contribution in [3.63, 3.8) is 0 Å². The molecule has 0 saturated heterocycles. The molecule has 0 aliphatic rings. The summed E-state index contributed by atoms with van der Waals surface area (Å²) < 4.78 is 0. The summed E-state index contributed by atoms with van der Waals surface area (Å²) in [5, 5.41) is 8.16. The number of allylic oxidation sites excluding steroid dienone is 1. The lowest BCUT2D eigenvalue weighted by atomic mass is 9.98. The van der Waals surface area contributed by atoms with E-state index in [0.717, 1.165) is 5.47 Å². The van der Waals surface area contributed by atoms with Gasteiger partial charge in [-0.1, -0.05) is 13.0 Å². The third kappa shape index (κ3) is 3.76. The van der Waals surface area contributed by atoms with Gasteiger partial charge in [0.05, 0.1) is 6.61 Å². The van der Waals surface area contributed by atoms with Crippen LogP contribution in [0.5, 0.6) is 0 Å². The summed E-state index contributed by atoms with van der Waals surface area (Å²) in [5.74, 6) is 0. The predicted octanol–water partition coefficient (Wildman–Crippen LogP) is -0.484. The van der Waals surface area contributed by atoms with Gasteiger partial charge >= 0.3 is 0 Å². The van der Waals surface area contributed by atoms with Gasteiger partial charge in [-0.2, -0.15) is 0 Å². The van der Waals surface area contributed by atoms with Crippen molar-refractivity contribution in [2.75, 3.05) is 6.61 Å². The average Bonchev–Trinajstić information content (AvgIpc) is 1.35. The molecule has 0 aromatic rings. The monoisotopic (exact) mass is 84.1 g/mol. The second kappa shape index (κ2) is 2.97. The van der Waals surface area contributed by atoms with Gasteiger partial charge in [-0.3, -0.25) is 0 Å². The molecule has 0 fully saturated rings. The fourth-order valence-corrected chi connectivity index (χ4v) is 0.183. The van der Waals surface area contributed by atoms with Crippen LogP contribution in [-0.2, 0) is 0 Å². The molecule has 1 N–H and O–H groups in total. The van der Waals surface area contributed by atoms with Crippen LogP contribution in [0.2, 0.25) is 0 Å². The molecule has 0 unspecified atom stereocenters. The summed E-state index contributed by atoms with van der Waals surface area (Å²) in [6.07, 6.45) is 1.76. The van der Waals surface area contributed by atoms with Crippen molar-refractivity contribution in [2.45, 2.75) is 6.92 Å². The van der Waals surface area contributed by atoms with Crippen molar-refractivity contribution in [2.24, 2.45) is 0 Å². The van der Waals surface area contributed by atoms with E-state index in [2.05, 4.69) is 0 Å². The minimum Gasteiger partial charge on any atom is -0.392 e. The Morgan fingerprint density at radius 2 is 2.50 bits per heavy atom. The van der Waals surface area contributed by atoms with E-state index in [4.69, 9.17) is 5.11 Å². The first-order valence-electron chi connectivity index (χ1n) is 2.01. The van der Waals surface area contributed by atoms with Crippen LogP contribution in [0.25, 0.3) is 0 Å². The van der Waals surface area contributed by atoms with E-state index in [1.54, 1.807) is 6.08 Å². The summed E-state index contributed by atoms with van der Waals surface area (Å²) in [6, 6.07) is 0. The van der Waals surface area contributed by atoms with Gasteiger partial charge in [0.1, 0.15) is 7.85 Å². The minimum absolute atomic E-state index is 0.169. The smallest absolute Gasteiger partial charge is 0.133 e. The van der Waals surface area contributed by atoms with Crippen LogP contribution < -0.4 is 0 Å². The van der Waals surface area contributed by atoms with Crippen LogP contribution >= 0.6 is 0 Å². The molecule has 0 amide bonds. The number of hydrogen-bond acceptors (Lipinski definition) is 1. The van der Waals surface area contributed by atoms with Crippen molar-refractivity contribution < 1.29 is 5.11 Å². The molecule has 0 aromatic heterocycles. The van der Waals surface area contributed by atoms with Gasteiger partial charge in [0.25, 0.3) is 0 Å². The fourth-order valence-electron chi connectivity index (χ4n) is 0.183. The molecule has 0 bridgehead atoms. The van der Waals surface area contributed by atoms with Crippen LogP contribution in [-0.4, -0.2) is 19.6 Å². The second-order valence-corrected chi connectivity index (χ2v) is 1.46. The molecule has 34 valence electrons. The molecule has 0 aliphatic carbocycles. The first kappa shape index (κ1) is 5.76. The highest BCUT2D eigenvalue weighted by Gasteiger charge is 1.68. The Hall–Kier alpha value is -0.235. The van der Waals surface area contributed by atoms with Crippen LogP contribution in [0.15, 0.2) is 11.5 Å². The molecule has 0 heterocycles. The molecule has 2 heteroatoms. The van der Waals surface area contributed by atoms with Gasteiger partial charge in [0.15, 0.2) is 0 Å². The lowest BCUT2D eigenvalue weighted by molar-refractivity contribution is 0.342. The molecule has 0 radical (unpaired) electrons. The summed E-state index contributed by atoms with van der Waals surface area (Å²) in [7, 11) is 1.95. The first-order valence-corrected chi connectivity index (χ1v) is 2.01. The van der Waals surface area contributed by atoms with Crippen molar-refractivity contribution in [3.8, 4) is 0 Å². The van der Waals surface area contributed by atoms with Gasteiger partial charge in [0, 0.05) is 0 Å². The Balaban J connectivity index is 3.14. The number of rotatable bonds is 1. The predicted molar refractivity (Wildman–Crippen MR) is 29.4 cm³/mol. The Kier molecular flexibility index (Phi) is 2.86. The highest BCUT2D eigenvalue weighted by atomic mass is 16.2. The lowest BCUT2D eigenvalue weighted by Gasteiger charge is -1.79. The Morgan fingerprint density at radius 3 is 2.50 bits per heavy atom. The normalized spacial score (nSPS) is 12.0. The average molecular weight is 83.9 g/mol. The standard InChI is InChI=1S/C4H9BO/c1-4(5)2-3-6/h2,6H,3,5H2,1H3/b4-2+. The first-order chi connectivity index (χ1) is 2.77. The fraction of sp³-hybridized carbons (Fsp3) is 0.500. The summed E-state index contributed by atoms with van der Waals surface area (Å²) >= 11 is 0. The maximum Gasteiger partial charge on any atom is 0.133 e. The molecule has 0 saturated carbocycles. The zero-order valence-electron chi connectivity index (χ0n) is 4.23. The maximum atomic E-state index is 8.16. The molecular formula is C4H9BO. The summed E-state index contributed by atoms with van der Waals surface area (Å²) in [4.78, 5) is 0. The Morgan fingerprint density at radius 1 is 2.00 bits per heavy atom. The second-order valence-electron chi connectivity index (χ2n) is 1.46. The largest absolute Gasteiger partial charge is 0.392 e. The van der Waals surface area contributed by atoms with E-state index < -0.39 is 0 Å². The third-order valence-corrected chi connectivity index (χ3v) is 0.500. The van der Waals surface area contributed by atoms with Gasteiger partial charge in [0.2, 0.25) is 0 Å². The molecule has 0 aliphatic heterocycles. The highest BCUT2D eigenvalue weighted by molar-refractivity contribution is 6.21. The van der Waals surface area contributed by atoms with E-state index >= 15 is 0 Å². The van der Waals surface area contributed by atoms with Gasteiger partial charge < -0.3 is 5.11 Å². The van der Waals surface area contributed by atoms with E-state index in [0.29, 0.717) is 0 Å². The summed E-state index contributed by atoms with van der Waals surface area (Å²) in [6.45, 7) is 2.12. The SMILES string of the molecule is B/C(C)=C/CO. The van der Waals surface area contributed by atoms with Crippen LogP contribution in [0.1, 0.15) is 6.92 Å². The van der Waals surface area contributed by atoms with E-state index in [9.17, 15) is 0 Å². The quantitative estimate of drug-likeness (QED) is 0.425. The topological polar surface area (TPSA) is 20.2 Å². The van der Waals surface area contributed by atoms with E-state index in [1.165, 1.54) is 0 Å². The van der Waals surface area contributed by atoms with Crippen LogP contribution in [0.3, 0.4) is 0 Å². The van der Waals surface area contributed by atoms with Gasteiger partial charge in [-0.05, 0) is 0 Å². The minimum atomic E-state index is 0.169. The zero-order valence-corrected chi connectivity index (χ0v) is 4.23. The molecule has 0 atom stereocenters. The van der Waals surface area contributed by atoms with Crippen molar-refractivity contribution in [1.29, 1.82) is 0 Å².